The zero-order valence-electron chi connectivity index (χ0n) is 14.8. The van der Waals surface area contributed by atoms with Gasteiger partial charge in [-0.1, -0.05) is 45.0 Å². The predicted molar refractivity (Wildman–Crippen MR) is 96.5 cm³/mol. The van der Waals surface area contributed by atoms with E-state index < -0.39 is 0 Å². The molecule has 3 heteroatoms. The molecule has 0 bridgehead atoms. The van der Waals surface area contributed by atoms with E-state index in [9.17, 15) is 0 Å². The van der Waals surface area contributed by atoms with Crippen molar-refractivity contribution in [3.05, 3.63) is 59.2 Å². The molecule has 2 atom stereocenters. The SMILES string of the molecule is COc1ccc2c(c1)[C@]1(C[C@@H](C(C)(C)C)N2)OCc2ccccc21. The first kappa shape index (κ1) is 15.5. The van der Waals surface area contributed by atoms with Crippen LogP contribution in [0.25, 0.3) is 0 Å². The van der Waals surface area contributed by atoms with Crippen LogP contribution in [-0.2, 0) is 16.9 Å². The number of methoxy groups -OCH3 is 1. The summed E-state index contributed by atoms with van der Waals surface area (Å²) >= 11 is 0. The Labute approximate surface area is 144 Å². The van der Waals surface area contributed by atoms with E-state index in [0.717, 1.165) is 17.9 Å². The highest BCUT2D eigenvalue weighted by Gasteiger charge is 2.49. The van der Waals surface area contributed by atoms with Crippen LogP contribution in [0.15, 0.2) is 42.5 Å². The van der Waals surface area contributed by atoms with E-state index in [2.05, 4.69) is 62.5 Å². The second kappa shape index (κ2) is 5.25. The van der Waals surface area contributed by atoms with Crippen molar-refractivity contribution in [2.45, 2.75) is 45.4 Å². The highest BCUT2D eigenvalue weighted by molar-refractivity contribution is 5.64. The van der Waals surface area contributed by atoms with E-state index in [1.54, 1.807) is 7.11 Å². The zero-order chi connectivity index (χ0) is 16.9. The quantitative estimate of drug-likeness (QED) is 0.825. The molecule has 24 heavy (non-hydrogen) atoms. The van der Waals surface area contributed by atoms with Crippen LogP contribution in [0.1, 0.15) is 43.9 Å². The largest absolute Gasteiger partial charge is 0.497 e. The fourth-order valence-electron chi connectivity index (χ4n) is 3.98. The van der Waals surface area contributed by atoms with Crippen molar-refractivity contribution >= 4 is 5.69 Å². The van der Waals surface area contributed by atoms with Gasteiger partial charge >= 0.3 is 0 Å². The Morgan fingerprint density at radius 3 is 2.67 bits per heavy atom. The van der Waals surface area contributed by atoms with Gasteiger partial charge in [0.2, 0.25) is 0 Å². The van der Waals surface area contributed by atoms with Crippen molar-refractivity contribution in [3.8, 4) is 5.75 Å². The maximum absolute atomic E-state index is 6.51. The predicted octanol–water partition coefficient (Wildman–Crippen LogP) is 4.70. The molecular formula is C21H25NO2. The van der Waals surface area contributed by atoms with E-state index in [0.29, 0.717) is 12.6 Å². The summed E-state index contributed by atoms with van der Waals surface area (Å²) in [4.78, 5) is 0. The molecule has 0 aromatic heterocycles. The van der Waals surface area contributed by atoms with Crippen LogP contribution in [0, 0.1) is 5.41 Å². The Kier molecular flexibility index (Phi) is 3.40. The molecule has 2 aromatic rings. The summed E-state index contributed by atoms with van der Waals surface area (Å²) in [5.41, 5.74) is 4.69. The van der Waals surface area contributed by atoms with Crippen LogP contribution in [-0.4, -0.2) is 13.2 Å². The van der Waals surface area contributed by atoms with Crippen molar-refractivity contribution in [3.63, 3.8) is 0 Å². The maximum atomic E-state index is 6.51. The molecule has 0 aliphatic carbocycles. The van der Waals surface area contributed by atoms with E-state index in [1.807, 2.05) is 6.07 Å². The number of rotatable bonds is 1. The second-order valence-electron chi connectivity index (χ2n) is 7.95. The standard InChI is InChI=1S/C21H25NO2/c1-20(2,3)19-12-21(16-8-6-5-7-14(16)13-24-21)17-11-15(23-4)9-10-18(17)22-19/h5-11,19,22H,12-13H2,1-4H3/t19-,21+/m0/s1. The van der Waals surface area contributed by atoms with Gasteiger partial charge in [-0.15, -0.1) is 0 Å². The molecule has 1 spiro atoms. The summed E-state index contributed by atoms with van der Waals surface area (Å²) < 4.78 is 12.0. The van der Waals surface area contributed by atoms with Crippen LogP contribution in [0.5, 0.6) is 5.75 Å². The van der Waals surface area contributed by atoms with E-state index in [4.69, 9.17) is 9.47 Å². The Bertz CT molecular complexity index is 778. The molecule has 2 aromatic carbocycles. The van der Waals surface area contributed by atoms with Crippen LogP contribution < -0.4 is 10.1 Å². The lowest BCUT2D eigenvalue weighted by atomic mass is 9.71. The van der Waals surface area contributed by atoms with Crippen molar-refractivity contribution in [1.82, 2.24) is 0 Å². The Balaban J connectivity index is 1.93. The second-order valence-corrected chi connectivity index (χ2v) is 7.95. The topological polar surface area (TPSA) is 30.5 Å². The number of benzene rings is 2. The van der Waals surface area contributed by atoms with Gasteiger partial charge in [0.1, 0.15) is 11.4 Å². The fourth-order valence-corrected chi connectivity index (χ4v) is 3.98. The average Bonchev–Trinajstić information content (AvgIpc) is 2.93. The fraction of sp³-hybridized carbons (Fsp3) is 0.429. The lowest BCUT2D eigenvalue weighted by Crippen LogP contribution is -2.46. The number of hydrogen-bond donors (Lipinski definition) is 1. The van der Waals surface area contributed by atoms with Gasteiger partial charge in [-0.05, 0) is 34.7 Å². The molecule has 0 saturated heterocycles. The molecule has 4 rings (SSSR count). The molecule has 0 saturated carbocycles. The molecule has 1 N–H and O–H groups in total. The van der Waals surface area contributed by atoms with Crippen LogP contribution >= 0.6 is 0 Å². The number of fused-ring (bicyclic) bond motifs is 4. The first-order chi connectivity index (χ1) is 11.4. The third-order valence-electron chi connectivity index (χ3n) is 5.46. The molecule has 0 fully saturated rings. The molecule has 0 radical (unpaired) electrons. The molecule has 126 valence electrons. The Morgan fingerprint density at radius 2 is 1.92 bits per heavy atom. The maximum Gasteiger partial charge on any atom is 0.123 e. The highest BCUT2D eigenvalue weighted by atomic mass is 16.5. The summed E-state index contributed by atoms with van der Waals surface area (Å²) in [6.45, 7) is 7.53. The number of hydrogen-bond acceptors (Lipinski definition) is 3. The van der Waals surface area contributed by atoms with E-state index in [1.165, 1.54) is 16.7 Å². The molecule has 2 heterocycles. The summed E-state index contributed by atoms with van der Waals surface area (Å²) in [6, 6.07) is 15.2. The highest BCUT2D eigenvalue weighted by Crippen LogP contribution is 2.53. The van der Waals surface area contributed by atoms with Crippen molar-refractivity contribution in [2.24, 2.45) is 5.41 Å². The normalized spacial score (nSPS) is 25.1. The zero-order valence-corrected chi connectivity index (χ0v) is 14.8. The van der Waals surface area contributed by atoms with Crippen LogP contribution in [0.3, 0.4) is 0 Å². The number of anilines is 1. The van der Waals surface area contributed by atoms with Gasteiger partial charge in [0, 0.05) is 23.7 Å². The van der Waals surface area contributed by atoms with Crippen molar-refractivity contribution < 1.29 is 9.47 Å². The molecule has 0 amide bonds. The minimum atomic E-state index is -0.385. The van der Waals surface area contributed by atoms with Gasteiger partial charge in [-0.3, -0.25) is 0 Å². The average molecular weight is 323 g/mol. The molecule has 2 aliphatic rings. The lowest BCUT2D eigenvalue weighted by molar-refractivity contribution is -0.0249. The molecule has 0 unspecified atom stereocenters. The van der Waals surface area contributed by atoms with Crippen molar-refractivity contribution in [1.29, 1.82) is 0 Å². The lowest BCUT2D eigenvalue weighted by Gasteiger charge is -2.45. The van der Waals surface area contributed by atoms with Crippen LogP contribution in [0.2, 0.25) is 0 Å². The third-order valence-corrected chi connectivity index (χ3v) is 5.46. The summed E-state index contributed by atoms with van der Waals surface area (Å²) in [6.07, 6.45) is 0.924. The van der Waals surface area contributed by atoms with Crippen molar-refractivity contribution in [2.75, 3.05) is 12.4 Å². The van der Waals surface area contributed by atoms with Gasteiger partial charge in [0.15, 0.2) is 0 Å². The Morgan fingerprint density at radius 1 is 1.12 bits per heavy atom. The van der Waals surface area contributed by atoms with Gasteiger partial charge < -0.3 is 14.8 Å². The first-order valence-corrected chi connectivity index (χ1v) is 8.61. The minimum absolute atomic E-state index is 0.144. The molecule has 3 nitrogen and oxygen atoms in total. The van der Waals surface area contributed by atoms with Gasteiger partial charge in [-0.25, -0.2) is 0 Å². The van der Waals surface area contributed by atoms with Crippen LogP contribution in [0.4, 0.5) is 5.69 Å². The smallest absolute Gasteiger partial charge is 0.123 e. The minimum Gasteiger partial charge on any atom is -0.497 e. The summed E-state index contributed by atoms with van der Waals surface area (Å²) in [7, 11) is 1.71. The first-order valence-electron chi connectivity index (χ1n) is 8.61. The van der Waals surface area contributed by atoms with Gasteiger partial charge in [0.05, 0.1) is 13.7 Å². The summed E-state index contributed by atoms with van der Waals surface area (Å²) in [5.74, 6) is 0.872. The number of nitrogens with one attached hydrogen (secondary N) is 1. The third kappa shape index (κ3) is 2.22. The monoisotopic (exact) mass is 323 g/mol. The molecule has 2 aliphatic heterocycles. The van der Waals surface area contributed by atoms with E-state index >= 15 is 0 Å². The Hall–Kier alpha value is -2.00. The summed E-state index contributed by atoms with van der Waals surface area (Å²) in [5, 5.41) is 3.73. The molecular weight excluding hydrogens is 298 g/mol. The van der Waals surface area contributed by atoms with Gasteiger partial charge in [0.25, 0.3) is 0 Å². The van der Waals surface area contributed by atoms with Gasteiger partial charge in [-0.2, -0.15) is 0 Å². The van der Waals surface area contributed by atoms with E-state index in [-0.39, 0.29) is 11.0 Å². The number of ether oxygens (including phenoxy) is 2.